The van der Waals surface area contributed by atoms with Gasteiger partial charge in [0.15, 0.2) is 0 Å². The van der Waals surface area contributed by atoms with Gasteiger partial charge >= 0.3 is 0 Å². The number of anilines is 2. The molecule has 6 heteroatoms. The van der Waals surface area contributed by atoms with E-state index in [-0.39, 0.29) is 11.8 Å². The summed E-state index contributed by atoms with van der Waals surface area (Å²) >= 11 is 1.45. The number of thioether (sulfide) groups is 1. The predicted molar refractivity (Wildman–Crippen MR) is 117 cm³/mol. The molecular weight excluding hydrogens is 384 g/mol. The molecule has 0 bridgehead atoms. The average Bonchev–Trinajstić information content (AvgIpc) is 2.74. The molecule has 2 amide bonds. The van der Waals surface area contributed by atoms with Gasteiger partial charge in [0, 0.05) is 23.2 Å². The summed E-state index contributed by atoms with van der Waals surface area (Å²) in [6.45, 7) is 1.47. The van der Waals surface area contributed by atoms with Crippen LogP contribution in [0.4, 0.5) is 11.4 Å². The van der Waals surface area contributed by atoms with Crippen molar-refractivity contribution in [2.75, 3.05) is 17.7 Å². The van der Waals surface area contributed by atoms with Crippen LogP contribution in [0.3, 0.4) is 0 Å². The third-order valence-corrected chi connectivity index (χ3v) is 5.39. The maximum Gasteiger partial charge on any atom is 0.242 e. The summed E-state index contributed by atoms with van der Waals surface area (Å²) in [6.07, 6.45) is 0. The first-order valence-corrected chi connectivity index (χ1v) is 9.97. The molecule has 0 saturated carbocycles. The van der Waals surface area contributed by atoms with Crippen molar-refractivity contribution in [3.63, 3.8) is 0 Å². The number of rotatable bonds is 7. The van der Waals surface area contributed by atoms with Crippen molar-refractivity contribution in [3.8, 4) is 5.75 Å². The van der Waals surface area contributed by atoms with Gasteiger partial charge in [0.05, 0.1) is 7.11 Å². The van der Waals surface area contributed by atoms with Gasteiger partial charge in [-0.05, 0) is 54.1 Å². The minimum Gasteiger partial charge on any atom is -0.497 e. The molecule has 5 nitrogen and oxygen atoms in total. The molecule has 0 spiro atoms. The largest absolute Gasteiger partial charge is 0.497 e. The van der Waals surface area contributed by atoms with Crippen molar-refractivity contribution in [2.45, 2.75) is 17.1 Å². The van der Waals surface area contributed by atoms with Crippen molar-refractivity contribution < 1.29 is 14.3 Å². The van der Waals surface area contributed by atoms with Crippen LogP contribution in [-0.4, -0.2) is 18.9 Å². The lowest BCUT2D eigenvalue weighted by molar-refractivity contribution is -0.116. The molecule has 0 saturated heterocycles. The molecule has 1 unspecified atom stereocenters. The van der Waals surface area contributed by atoms with Gasteiger partial charge in [0.2, 0.25) is 11.8 Å². The Morgan fingerprint density at radius 2 is 1.41 bits per heavy atom. The Kier molecular flexibility index (Phi) is 6.92. The standard InChI is InChI=1S/C23H22N2O3S/c1-16(26)24-18-10-14-21(15-11-18)29-22(17-6-4-3-5-7-17)23(27)25-19-8-12-20(28-2)13-9-19/h3-15,22H,1-2H3,(H,24,26)(H,25,27). The fraction of sp³-hybridized carbons (Fsp3) is 0.130. The van der Waals surface area contributed by atoms with Crippen LogP contribution in [0, 0.1) is 0 Å². The zero-order valence-corrected chi connectivity index (χ0v) is 17.0. The molecule has 29 heavy (non-hydrogen) atoms. The lowest BCUT2D eigenvalue weighted by Gasteiger charge is -2.17. The van der Waals surface area contributed by atoms with Crippen LogP contribution in [-0.2, 0) is 9.59 Å². The highest BCUT2D eigenvalue weighted by Crippen LogP contribution is 2.36. The highest BCUT2D eigenvalue weighted by molar-refractivity contribution is 8.00. The molecular formula is C23H22N2O3S. The Morgan fingerprint density at radius 3 is 2.00 bits per heavy atom. The third kappa shape index (κ3) is 5.86. The van der Waals surface area contributed by atoms with Gasteiger partial charge in [-0.3, -0.25) is 9.59 Å². The van der Waals surface area contributed by atoms with E-state index in [1.807, 2.05) is 66.7 Å². The number of benzene rings is 3. The average molecular weight is 407 g/mol. The van der Waals surface area contributed by atoms with Gasteiger partial charge in [-0.1, -0.05) is 30.3 Å². The molecule has 0 fully saturated rings. The monoisotopic (exact) mass is 406 g/mol. The summed E-state index contributed by atoms with van der Waals surface area (Å²) in [7, 11) is 1.60. The topological polar surface area (TPSA) is 67.4 Å². The summed E-state index contributed by atoms with van der Waals surface area (Å²) in [4.78, 5) is 25.2. The summed E-state index contributed by atoms with van der Waals surface area (Å²) in [5.41, 5.74) is 2.34. The number of methoxy groups -OCH3 is 1. The van der Waals surface area contributed by atoms with E-state index >= 15 is 0 Å². The minimum absolute atomic E-state index is 0.114. The third-order valence-electron chi connectivity index (χ3n) is 4.13. The molecule has 0 aliphatic heterocycles. The number of hydrogen-bond acceptors (Lipinski definition) is 4. The van der Waals surface area contributed by atoms with Gasteiger partial charge in [0.1, 0.15) is 11.0 Å². The second kappa shape index (κ2) is 9.80. The van der Waals surface area contributed by atoms with E-state index in [4.69, 9.17) is 4.74 Å². The maximum absolute atomic E-state index is 13.1. The van der Waals surface area contributed by atoms with E-state index in [1.54, 1.807) is 19.2 Å². The van der Waals surface area contributed by atoms with Gasteiger partial charge in [0.25, 0.3) is 0 Å². The Morgan fingerprint density at radius 1 is 0.828 bits per heavy atom. The normalized spacial score (nSPS) is 11.4. The smallest absolute Gasteiger partial charge is 0.242 e. The summed E-state index contributed by atoms with van der Waals surface area (Å²) in [6, 6.07) is 24.3. The van der Waals surface area contributed by atoms with Crippen LogP contribution in [0.25, 0.3) is 0 Å². The number of hydrogen-bond donors (Lipinski definition) is 2. The van der Waals surface area contributed by atoms with Crippen molar-refractivity contribution in [3.05, 3.63) is 84.4 Å². The van der Waals surface area contributed by atoms with Crippen LogP contribution in [0.2, 0.25) is 0 Å². The zero-order valence-electron chi connectivity index (χ0n) is 16.2. The first kappa shape index (κ1) is 20.5. The SMILES string of the molecule is COc1ccc(NC(=O)C(Sc2ccc(NC(C)=O)cc2)c2ccccc2)cc1. The van der Waals surface area contributed by atoms with Gasteiger partial charge < -0.3 is 15.4 Å². The number of carbonyl (C=O) groups is 2. The molecule has 3 aromatic carbocycles. The lowest BCUT2D eigenvalue weighted by Crippen LogP contribution is -2.19. The number of amides is 2. The first-order valence-electron chi connectivity index (χ1n) is 9.09. The predicted octanol–water partition coefficient (Wildman–Crippen LogP) is 5.13. The summed E-state index contributed by atoms with van der Waals surface area (Å²) in [5, 5.41) is 5.30. The fourth-order valence-corrected chi connectivity index (χ4v) is 3.76. The Balaban J connectivity index is 1.79. The molecule has 0 aromatic heterocycles. The van der Waals surface area contributed by atoms with E-state index in [9.17, 15) is 9.59 Å². The molecule has 0 radical (unpaired) electrons. The van der Waals surface area contributed by atoms with Crippen molar-refractivity contribution in [1.29, 1.82) is 0 Å². The van der Waals surface area contributed by atoms with Crippen LogP contribution < -0.4 is 15.4 Å². The number of ether oxygens (including phenoxy) is 1. The van der Waals surface area contributed by atoms with E-state index in [1.165, 1.54) is 18.7 Å². The molecule has 0 aliphatic rings. The molecule has 148 valence electrons. The van der Waals surface area contributed by atoms with Crippen molar-refractivity contribution in [2.24, 2.45) is 0 Å². The quantitative estimate of drug-likeness (QED) is 0.534. The highest BCUT2D eigenvalue weighted by atomic mass is 32.2. The number of nitrogens with one attached hydrogen (secondary N) is 2. The molecule has 3 aromatic rings. The summed E-state index contributed by atoms with van der Waals surface area (Å²) in [5.74, 6) is 0.500. The Bertz CT molecular complexity index is 958. The van der Waals surface area contributed by atoms with Crippen molar-refractivity contribution >= 4 is 35.0 Å². The fourth-order valence-electron chi connectivity index (χ4n) is 2.74. The summed E-state index contributed by atoms with van der Waals surface area (Å²) < 4.78 is 5.16. The van der Waals surface area contributed by atoms with E-state index < -0.39 is 5.25 Å². The Hall–Kier alpha value is -3.25. The van der Waals surface area contributed by atoms with Gasteiger partial charge in [-0.2, -0.15) is 0 Å². The maximum atomic E-state index is 13.1. The molecule has 3 rings (SSSR count). The number of carbonyl (C=O) groups excluding carboxylic acids is 2. The molecule has 0 heterocycles. The van der Waals surface area contributed by atoms with Crippen LogP contribution in [0.15, 0.2) is 83.8 Å². The van der Waals surface area contributed by atoms with E-state index in [0.717, 1.165) is 21.9 Å². The minimum atomic E-state index is -0.426. The van der Waals surface area contributed by atoms with E-state index in [2.05, 4.69) is 10.6 Å². The van der Waals surface area contributed by atoms with Crippen LogP contribution >= 0.6 is 11.8 Å². The van der Waals surface area contributed by atoms with Crippen molar-refractivity contribution in [1.82, 2.24) is 0 Å². The zero-order chi connectivity index (χ0) is 20.6. The van der Waals surface area contributed by atoms with Crippen LogP contribution in [0.5, 0.6) is 5.75 Å². The van der Waals surface area contributed by atoms with Crippen LogP contribution in [0.1, 0.15) is 17.7 Å². The lowest BCUT2D eigenvalue weighted by atomic mass is 10.1. The first-order chi connectivity index (χ1) is 14.0. The molecule has 0 aliphatic carbocycles. The molecule has 2 N–H and O–H groups in total. The second-order valence-corrected chi connectivity index (χ2v) is 7.51. The van der Waals surface area contributed by atoms with Gasteiger partial charge in [-0.25, -0.2) is 0 Å². The van der Waals surface area contributed by atoms with E-state index in [0.29, 0.717) is 5.69 Å². The Labute approximate surface area is 174 Å². The molecule has 1 atom stereocenters. The second-order valence-electron chi connectivity index (χ2n) is 6.33. The van der Waals surface area contributed by atoms with Gasteiger partial charge in [-0.15, -0.1) is 11.8 Å². The highest BCUT2D eigenvalue weighted by Gasteiger charge is 2.22.